The van der Waals surface area contributed by atoms with Gasteiger partial charge in [0.1, 0.15) is 5.00 Å². The summed E-state index contributed by atoms with van der Waals surface area (Å²) in [5.41, 5.74) is 2.07. The van der Waals surface area contributed by atoms with Crippen LogP contribution in [0.15, 0.2) is 24.3 Å². The van der Waals surface area contributed by atoms with Crippen LogP contribution < -0.4 is 10.6 Å². The summed E-state index contributed by atoms with van der Waals surface area (Å²) < 4.78 is 0. The number of anilines is 2. The van der Waals surface area contributed by atoms with E-state index in [-0.39, 0.29) is 18.7 Å². The number of carboxylic acids is 1. The maximum Gasteiger partial charge on any atom is 0.303 e. The Balaban J connectivity index is 1.86. The maximum atomic E-state index is 13.0. The van der Waals surface area contributed by atoms with Crippen LogP contribution >= 0.6 is 22.9 Å². The second kappa shape index (κ2) is 8.75. The summed E-state index contributed by atoms with van der Waals surface area (Å²) in [4.78, 5) is 37.0. The first-order valence-corrected chi connectivity index (χ1v) is 10.3. The minimum atomic E-state index is -1.03. The lowest BCUT2D eigenvalue weighted by Gasteiger charge is -2.18. The van der Waals surface area contributed by atoms with Crippen molar-refractivity contribution in [2.45, 2.75) is 39.0 Å². The first-order chi connectivity index (χ1) is 13.3. The molecule has 0 bridgehead atoms. The van der Waals surface area contributed by atoms with Crippen molar-refractivity contribution in [3.63, 3.8) is 0 Å². The molecule has 3 rings (SSSR count). The molecule has 0 fully saturated rings. The predicted octanol–water partition coefficient (Wildman–Crippen LogP) is 4.58. The number of aliphatic carboxylic acids is 1. The maximum absolute atomic E-state index is 13.0. The van der Waals surface area contributed by atoms with Crippen molar-refractivity contribution in [2.24, 2.45) is 5.92 Å². The number of carbonyl (C=O) groups excluding carboxylic acids is 2. The van der Waals surface area contributed by atoms with Gasteiger partial charge in [-0.1, -0.05) is 18.5 Å². The summed E-state index contributed by atoms with van der Waals surface area (Å²) in [7, 11) is 0. The standard InChI is InChI=1S/C20H21ClN2O4S/c1-11-2-7-14-15(10-11)28-20(23-16(24)8-9-17(25)26)18(14)19(27)22-13-5-3-12(21)4-6-13/h3-6,11H,2,7-10H2,1H3,(H,22,27)(H,23,24)(H,25,26)/t11-/m1/s1. The Kier molecular flexibility index (Phi) is 6.36. The number of carboxylic acid groups (broad SMARTS) is 1. The molecule has 1 aliphatic carbocycles. The Hall–Kier alpha value is -2.38. The van der Waals surface area contributed by atoms with Gasteiger partial charge < -0.3 is 15.7 Å². The van der Waals surface area contributed by atoms with Crippen LogP contribution in [-0.2, 0) is 22.4 Å². The van der Waals surface area contributed by atoms with Crippen molar-refractivity contribution in [3.8, 4) is 0 Å². The summed E-state index contributed by atoms with van der Waals surface area (Å²) in [6, 6.07) is 6.81. The number of fused-ring (bicyclic) bond motifs is 1. The Morgan fingerprint density at radius 2 is 1.89 bits per heavy atom. The van der Waals surface area contributed by atoms with Gasteiger partial charge in [0.25, 0.3) is 5.91 Å². The number of amides is 2. The van der Waals surface area contributed by atoms with E-state index >= 15 is 0 Å². The predicted molar refractivity (Wildman–Crippen MR) is 110 cm³/mol. The molecule has 0 spiro atoms. The molecule has 0 unspecified atom stereocenters. The number of hydrogen-bond acceptors (Lipinski definition) is 4. The number of rotatable bonds is 6. The number of carbonyl (C=O) groups is 3. The van der Waals surface area contributed by atoms with Crippen molar-refractivity contribution in [2.75, 3.05) is 10.6 Å². The largest absolute Gasteiger partial charge is 0.481 e. The van der Waals surface area contributed by atoms with E-state index in [1.807, 2.05) is 0 Å². The molecule has 2 amide bonds. The normalized spacial score (nSPS) is 15.6. The van der Waals surface area contributed by atoms with Crippen LogP contribution in [0.2, 0.25) is 5.02 Å². The van der Waals surface area contributed by atoms with E-state index in [0.29, 0.717) is 27.2 Å². The van der Waals surface area contributed by atoms with E-state index in [4.69, 9.17) is 16.7 Å². The molecule has 3 N–H and O–H groups in total. The van der Waals surface area contributed by atoms with Gasteiger partial charge in [0, 0.05) is 22.0 Å². The van der Waals surface area contributed by atoms with Crippen molar-refractivity contribution in [1.82, 2.24) is 0 Å². The van der Waals surface area contributed by atoms with Crippen molar-refractivity contribution < 1.29 is 19.5 Å². The van der Waals surface area contributed by atoms with Gasteiger partial charge >= 0.3 is 5.97 Å². The third-order valence-electron chi connectivity index (χ3n) is 4.66. The Labute approximate surface area is 171 Å². The summed E-state index contributed by atoms with van der Waals surface area (Å²) in [6.45, 7) is 2.17. The van der Waals surface area contributed by atoms with E-state index in [0.717, 1.165) is 29.7 Å². The van der Waals surface area contributed by atoms with Crippen LogP contribution in [0, 0.1) is 5.92 Å². The van der Waals surface area contributed by atoms with E-state index in [9.17, 15) is 14.4 Å². The van der Waals surface area contributed by atoms with Crippen molar-refractivity contribution in [3.05, 3.63) is 45.3 Å². The second-order valence-corrected chi connectivity index (χ2v) is 8.50. The molecule has 1 aromatic carbocycles. The topological polar surface area (TPSA) is 95.5 Å². The molecule has 0 saturated carbocycles. The van der Waals surface area contributed by atoms with Gasteiger partial charge in [0.2, 0.25) is 5.91 Å². The van der Waals surface area contributed by atoms with E-state index in [2.05, 4.69) is 17.6 Å². The van der Waals surface area contributed by atoms with Gasteiger partial charge in [0.05, 0.1) is 12.0 Å². The average Bonchev–Trinajstić information content (AvgIpc) is 2.98. The summed E-state index contributed by atoms with van der Waals surface area (Å²) in [5.74, 6) is -1.21. The van der Waals surface area contributed by atoms with Gasteiger partial charge in [-0.15, -0.1) is 11.3 Å². The molecule has 1 heterocycles. The smallest absolute Gasteiger partial charge is 0.303 e. The zero-order chi connectivity index (χ0) is 20.3. The molecule has 0 saturated heterocycles. The molecule has 0 radical (unpaired) electrons. The molecule has 1 aromatic heterocycles. The quantitative estimate of drug-likeness (QED) is 0.637. The summed E-state index contributed by atoms with van der Waals surface area (Å²) in [6.07, 6.45) is 2.25. The van der Waals surface area contributed by atoms with Crippen LogP contribution in [-0.4, -0.2) is 22.9 Å². The number of nitrogens with one attached hydrogen (secondary N) is 2. The fourth-order valence-electron chi connectivity index (χ4n) is 3.22. The molecule has 1 aliphatic rings. The summed E-state index contributed by atoms with van der Waals surface area (Å²) >= 11 is 7.30. The number of thiophene rings is 1. The van der Waals surface area contributed by atoms with Crippen LogP contribution in [0.5, 0.6) is 0 Å². The number of benzene rings is 1. The molecule has 0 aliphatic heterocycles. The van der Waals surface area contributed by atoms with Gasteiger partial charge in [-0.2, -0.15) is 0 Å². The lowest BCUT2D eigenvalue weighted by atomic mass is 9.88. The molecular formula is C20H21ClN2O4S. The molecule has 148 valence electrons. The third-order valence-corrected chi connectivity index (χ3v) is 6.08. The fourth-order valence-corrected chi connectivity index (χ4v) is 4.77. The highest BCUT2D eigenvalue weighted by Gasteiger charge is 2.28. The number of hydrogen-bond donors (Lipinski definition) is 3. The first-order valence-electron chi connectivity index (χ1n) is 9.06. The highest BCUT2D eigenvalue weighted by Crippen LogP contribution is 2.40. The molecular weight excluding hydrogens is 400 g/mol. The molecule has 1 atom stereocenters. The van der Waals surface area contributed by atoms with Crippen molar-refractivity contribution in [1.29, 1.82) is 0 Å². The fraction of sp³-hybridized carbons (Fsp3) is 0.350. The lowest BCUT2D eigenvalue weighted by molar-refractivity contribution is -0.138. The SMILES string of the molecule is C[C@@H]1CCc2c(sc(NC(=O)CCC(=O)O)c2C(=O)Nc2ccc(Cl)cc2)C1. The van der Waals surface area contributed by atoms with Gasteiger partial charge in [0.15, 0.2) is 0 Å². The minimum absolute atomic E-state index is 0.132. The third kappa shape index (κ3) is 4.91. The van der Waals surface area contributed by atoms with Gasteiger partial charge in [-0.05, 0) is 55.0 Å². The van der Waals surface area contributed by atoms with Crippen LogP contribution in [0.25, 0.3) is 0 Å². The molecule has 8 heteroatoms. The monoisotopic (exact) mass is 420 g/mol. The van der Waals surface area contributed by atoms with Crippen LogP contribution in [0.1, 0.15) is 47.0 Å². The Morgan fingerprint density at radius 1 is 1.18 bits per heavy atom. The highest BCUT2D eigenvalue weighted by atomic mass is 35.5. The average molecular weight is 421 g/mol. The first kappa shape index (κ1) is 20.4. The van der Waals surface area contributed by atoms with Crippen LogP contribution in [0.3, 0.4) is 0 Å². The zero-order valence-electron chi connectivity index (χ0n) is 15.4. The lowest BCUT2D eigenvalue weighted by Crippen LogP contribution is -2.19. The molecule has 2 aromatic rings. The molecule has 6 nitrogen and oxygen atoms in total. The van der Waals surface area contributed by atoms with E-state index in [1.165, 1.54) is 11.3 Å². The summed E-state index contributed by atoms with van der Waals surface area (Å²) in [5, 5.41) is 15.4. The van der Waals surface area contributed by atoms with Gasteiger partial charge in [-0.25, -0.2) is 0 Å². The van der Waals surface area contributed by atoms with Gasteiger partial charge in [-0.3, -0.25) is 14.4 Å². The van der Waals surface area contributed by atoms with Crippen LogP contribution in [0.4, 0.5) is 10.7 Å². The number of halogens is 1. The van der Waals surface area contributed by atoms with E-state index in [1.54, 1.807) is 24.3 Å². The zero-order valence-corrected chi connectivity index (χ0v) is 17.0. The van der Waals surface area contributed by atoms with Crippen molar-refractivity contribution >= 4 is 51.4 Å². The Morgan fingerprint density at radius 3 is 2.57 bits per heavy atom. The van der Waals surface area contributed by atoms with E-state index < -0.39 is 11.9 Å². The minimum Gasteiger partial charge on any atom is -0.481 e. The second-order valence-electron chi connectivity index (χ2n) is 6.96. The highest BCUT2D eigenvalue weighted by molar-refractivity contribution is 7.17. The Bertz CT molecular complexity index is 908. The molecule has 28 heavy (non-hydrogen) atoms.